The highest BCUT2D eigenvalue weighted by Crippen LogP contribution is 2.48. The number of hydrogen-bond acceptors (Lipinski definition) is 10. The van der Waals surface area contributed by atoms with Crippen molar-refractivity contribution in [2.75, 3.05) is 12.3 Å². The zero-order chi connectivity index (χ0) is 27.4. The zero-order valence-corrected chi connectivity index (χ0v) is 21.4. The van der Waals surface area contributed by atoms with Crippen molar-refractivity contribution in [1.29, 1.82) is 0 Å². The van der Waals surface area contributed by atoms with Crippen molar-refractivity contribution in [1.82, 2.24) is 14.6 Å². The van der Waals surface area contributed by atoms with E-state index in [0.717, 1.165) is 10.6 Å². The molecule has 3 rings (SSSR count). The normalized spacial score (nSPS) is 25.8. The quantitative estimate of drug-likeness (QED) is 0.217. The number of nitrogen functional groups attached to an aromatic ring is 1. The number of nitrogens with zero attached hydrogens (tertiary/aromatic N) is 2. The molecule has 2 aromatic rings. The van der Waals surface area contributed by atoms with Crippen molar-refractivity contribution in [2.24, 2.45) is 0 Å². The molecule has 0 aliphatic carbocycles. The maximum absolute atomic E-state index is 15.2. The number of anilines is 1. The number of carbonyl (C=O) groups is 1. The number of rotatable bonds is 11. The van der Waals surface area contributed by atoms with Gasteiger partial charge in [0.1, 0.15) is 29.3 Å². The number of aliphatic hydroxyl groups is 1. The van der Waals surface area contributed by atoms with Gasteiger partial charge in [-0.05, 0) is 39.0 Å². The molecule has 202 valence electrons. The molecular weight excluding hydrogens is 510 g/mol. The van der Waals surface area contributed by atoms with E-state index in [1.807, 2.05) is 0 Å². The molecule has 1 aromatic carbocycles. The van der Waals surface area contributed by atoms with Gasteiger partial charge in [0.15, 0.2) is 12.4 Å². The summed E-state index contributed by atoms with van der Waals surface area (Å²) in [7, 11) is -4.37. The van der Waals surface area contributed by atoms with Gasteiger partial charge in [0, 0.05) is 6.20 Å². The van der Waals surface area contributed by atoms with Gasteiger partial charge in [-0.3, -0.25) is 13.9 Å². The minimum absolute atomic E-state index is 0.0799. The minimum Gasteiger partial charge on any atom is -0.462 e. The Hall–Kier alpha value is -3.09. The second-order valence-electron chi connectivity index (χ2n) is 8.61. The minimum atomic E-state index is -4.37. The Balaban J connectivity index is 1.86. The molecule has 14 heteroatoms. The summed E-state index contributed by atoms with van der Waals surface area (Å²) in [6, 6.07) is 8.11. The molecule has 1 aliphatic heterocycles. The fraction of sp³-hybridized carbons (Fsp3) is 0.435. The molecule has 12 nitrogen and oxygen atoms in total. The first-order valence-electron chi connectivity index (χ1n) is 11.4. The lowest BCUT2D eigenvalue weighted by molar-refractivity contribution is -0.149. The number of aromatic nitrogens is 2. The molecule has 2 heterocycles. The van der Waals surface area contributed by atoms with Gasteiger partial charge in [0.05, 0.1) is 12.7 Å². The largest absolute Gasteiger partial charge is 0.462 e. The van der Waals surface area contributed by atoms with Crippen LogP contribution in [-0.4, -0.2) is 57.3 Å². The molecule has 0 radical (unpaired) electrons. The Morgan fingerprint density at radius 2 is 2.05 bits per heavy atom. The predicted octanol–water partition coefficient (Wildman–Crippen LogP) is 2.11. The molecule has 0 amide bonds. The standard InChI is InChI=1S/C23H30FN4O8P/c1-5-23(19(29)18(24)20(35-23)28-12-11-17(25)26-22(28)31)13-33-37(32,36-16-9-7-6-8-10-16)27-15(4)21(30)34-14(2)3/h5-12,14-15,18-20,29H,1,13H2,2-4H3,(H,27,32)(H2,25,26,31)/t15?,18-,19+,20-,23-,37?/m1/s1. The van der Waals surface area contributed by atoms with Crippen LogP contribution in [0.1, 0.15) is 27.0 Å². The second kappa shape index (κ2) is 11.5. The second-order valence-corrected chi connectivity index (χ2v) is 10.3. The molecular formula is C23H30FN4O8P. The molecule has 1 aliphatic rings. The van der Waals surface area contributed by atoms with Crippen LogP contribution in [0.5, 0.6) is 5.75 Å². The van der Waals surface area contributed by atoms with E-state index in [1.165, 1.54) is 31.3 Å². The first-order chi connectivity index (χ1) is 17.4. The average Bonchev–Trinajstić information content (AvgIpc) is 3.08. The van der Waals surface area contributed by atoms with E-state index < -0.39 is 62.3 Å². The van der Waals surface area contributed by atoms with Crippen LogP contribution in [0.25, 0.3) is 0 Å². The number of alkyl halides is 1. The van der Waals surface area contributed by atoms with Crippen molar-refractivity contribution in [3.63, 3.8) is 0 Å². The van der Waals surface area contributed by atoms with Gasteiger partial charge in [-0.15, -0.1) is 6.58 Å². The summed E-state index contributed by atoms with van der Waals surface area (Å²) in [4.78, 5) is 28.1. The van der Waals surface area contributed by atoms with E-state index in [-0.39, 0.29) is 11.6 Å². The fourth-order valence-electron chi connectivity index (χ4n) is 3.48. The van der Waals surface area contributed by atoms with E-state index in [1.54, 1.807) is 32.0 Å². The predicted molar refractivity (Wildman–Crippen MR) is 131 cm³/mol. The third kappa shape index (κ3) is 6.62. The van der Waals surface area contributed by atoms with Gasteiger partial charge >= 0.3 is 19.4 Å². The lowest BCUT2D eigenvalue weighted by atomic mass is 9.97. The van der Waals surface area contributed by atoms with Crippen LogP contribution in [0, 0.1) is 0 Å². The Morgan fingerprint density at radius 1 is 1.38 bits per heavy atom. The Bertz CT molecular complexity index is 1210. The maximum Gasteiger partial charge on any atom is 0.459 e. The van der Waals surface area contributed by atoms with Crippen molar-refractivity contribution >= 4 is 19.5 Å². The summed E-state index contributed by atoms with van der Waals surface area (Å²) in [5, 5.41) is 13.2. The van der Waals surface area contributed by atoms with E-state index in [4.69, 9.17) is 24.3 Å². The Kier molecular flexibility index (Phi) is 8.88. The number of halogens is 1. The summed E-state index contributed by atoms with van der Waals surface area (Å²) in [5.74, 6) is -0.655. The van der Waals surface area contributed by atoms with Crippen LogP contribution in [0.15, 0.2) is 60.0 Å². The first-order valence-corrected chi connectivity index (χ1v) is 12.9. The number of carbonyl (C=O) groups excluding carboxylic acids is 1. The van der Waals surface area contributed by atoms with E-state index in [0.29, 0.717) is 0 Å². The topological polar surface area (TPSA) is 164 Å². The number of nitrogens with two attached hydrogens (primary N) is 1. The van der Waals surface area contributed by atoms with E-state index in [2.05, 4.69) is 16.7 Å². The SMILES string of the molecule is C=C[C@]1(COP(=O)(NC(C)C(=O)OC(C)C)Oc2ccccc2)O[C@@H](n2ccc(N)nc2=O)[C@H](F)[C@@H]1O. The van der Waals surface area contributed by atoms with Crippen molar-refractivity contribution in [2.45, 2.75) is 57.0 Å². The molecule has 2 unspecified atom stereocenters. The molecule has 4 N–H and O–H groups in total. The third-order valence-electron chi connectivity index (χ3n) is 5.37. The van der Waals surface area contributed by atoms with Gasteiger partial charge in [-0.25, -0.2) is 13.8 Å². The van der Waals surface area contributed by atoms with Crippen molar-refractivity contribution in [3.8, 4) is 5.75 Å². The Morgan fingerprint density at radius 3 is 2.65 bits per heavy atom. The number of ether oxygens (including phenoxy) is 2. The third-order valence-corrected chi connectivity index (χ3v) is 7.00. The summed E-state index contributed by atoms with van der Waals surface area (Å²) in [5.41, 5.74) is 2.63. The molecule has 6 atom stereocenters. The summed E-state index contributed by atoms with van der Waals surface area (Å²) >= 11 is 0. The van der Waals surface area contributed by atoms with Gasteiger partial charge in [-0.1, -0.05) is 24.3 Å². The maximum atomic E-state index is 15.2. The molecule has 1 fully saturated rings. The number of nitrogens with one attached hydrogen (secondary N) is 1. The van der Waals surface area contributed by atoms with E-state index in [9.17, 15) is 19.3 Å². The Labute approximate surface area is 212 Å². The van der Waals surface area contributed by atoms with Crippen LogP contribution in [0.3, 0.4) is 0 Å². The average molecular weight is 540 g/mol. The summed E-state index contributed by atoms with van der Waals surface area (Å²) in [6.07, 6.45) is -3.80. The van der Waals surface area contributed by atoms with Gasteiger partial charge in [-0.2, -0.15) is 10.1 Å². The number of esters is 1. The van der Waals surface area contributed by atoms with E-state index >= 15 is 4.39 Å². The van der Waals surface area contributed by atoms with Crippen LogP contribution in [0.2, 0.25) is 0 Å². The number of aliphatic hydroxyl groups excluding tert-OH is 1. The number of hydrogen-bond donors (Lipinski definition) is 3. The molecule has 0 bridgehead atoms. The molecule has 0 saturated carbocycles. The molecule has 0 spiro atoms. The molecule has 37 heavy (non-hydrogen) atoms. The van der Waals surface area contributed by atoms with Gasteiger partial charge in [0.25, 0.3) is 0 Å². The van der Waals surface area contributed by atoms with Gasteiger partial charge < -0.3 is 24.8 Å². The summed E-state index contributed by atoms with van der Waals surface area (Å²) < 4.78 is 51.6. The first kappa shape index (κ1) is 28.5. The summed E-state index contributed by atoms with van der Waals surface area (Å²) in [6.45, 7) is 7.56. The zero-order valence-electron chi connectivity index (χ0n) is 20.5. The van der Waals surface area contributed by atoms with Crippen LogP contribution in [0.4, 0.5) is 10.2 Å². The highest BCUT2D eigenvalue weighted by atomic mass is 31.2. The lowest BCUT2D eigenvalue weighted by Gasteiger charge is -2.30. The molecule has 1 aromatic heterocycles. The number of benzene rings is 1. The van der Waals surface area contributed by atoms with Crippen molar-refractivity contribution in [3.05, 3.63) is 65.7 Å². The highest BCUT2D eigenvalue weighted by molar-refractivity contribution is 7.52. The van der Waals surface area contributed by atoms with Crippen molar-refractivity contribution < 1.29 is 37.4 Å². The van der Waals surface area contributed by atoms with Gasteiger partial charge in [0.2, 0.25) is 0 Å². The highest BCUT2D eigenvalue weighted by Gasteiger charge is 2.56. The monoisotopic (exact) mass is 540 g/mol. The van der Waals surface area contributed by atoms with Crippen LogP contribution >= 0.6 is 7.75 Å². The smallest absolute Gasteiger partial charge is 0.459 e. The van der Waals surface area contributed by atoms with Crippen LogP contribution < -0.4 is 21.0 Å². The number of para-hydroxylation sites is 1. The molecule has 1 saturated heterocycles. The van der Waals surface area contributed by atoms with Crippen LogP contribution in [-0.2, 0) is 23.4 Å². The fourth-order valence-corrected chi connectivity index (χ4v) is 5.01. The lowest BCUT2D eigenvalue weighted by Crippen LogP contribution is -2.45.